The van der Waals surface area contributed by atoms with Crippen molar-refractivity contribution in [3.8, 4) is 6.07 Å². The number of hydrogen-bond donors (Lipinski definition) is 2. The summed E-state index contributed by atoms with van der Waals surface area (Å²) in [5, 5.41) is 26.5. The van der Waals surface area contributed by atoms with Crippen molar-refractivity contribution in [3.63, 3.8) is 0 Å². The van der Waals surface area contributed by atoms with Crippen molar-refractivity contribution >= 4 is 20.3 Å². The monoisotopic (exact) mass is 259 g/mol. The molecular formula is C10H17NO5Si. The summed E-state index contributed by atoms with van der Waals surface area (Å²) in [5.74, 6) is -2.25. The lowest BCUT2D eigenvalue weighted by molar-refractivity contribution is -0.143. The molecule has 6 nitrogen and oxygen atoms in total. The van der Waals surface area contributed by atoms with Crippen LogP contribution in [0.2, 0.25) is 19.6 Å². The van der Waals surface area contributed by atoms with Gasteiger partial charge in [0.25, 0.3) is 0 Å². The topological polar surface area (TPSA) is 108 Å². The number of hydrogen-bond acceptors (Lipinski definition) is 4. The molecule has 0 saturated carbocycles. The molecule has 0 radical (unpaired) electrons. The Balaban J connectivity index is 4.95. The highest BCUT2D eigenvalue weighted by Gasteiger charge is 2.38. The smallest absolute Gasteiger partial charge is 0.307 e. The Morgan fingerprint density at radius 1 is 1.29 bits per heavy atom. The third-order valence-corrected chi connectivity index (χ3v) is 2.89. The van der Waals surface area contributed by atoms with Crippen LogP contribution >= 0.6 is 0 Å². The van der Waals surface area contributed by atoms with Gasteiger partial charge in [0.05, 0.1) is 12.5 Å². The minimum Gasteiger partial charge on any atom is -0.481 e. The van der Waals surface area contributed by atoms with E-state index >= 15 is 0 Å². The predicted octanol–water partition coefficient (Wildman–Crippen LogP) is 1.44. The van der Waals surface area contributed by atoms with Crippen LogP contribution in [0.3, 0.4) is 0 Å². The summed E-state index contributed by atoms with van der Waals surface area (Å²) in [7, 11) is -2.13. The second-order valence-corrected chi connectivity index (χ2v) is 9.21. The number of carboxylic acid groups (broad SMARTS) is 2. The molecule has 1 atom stereocenters. The zero-order valence-corrected chi connectivity index (χ0v) is 11.2. The summed E-state index contributed by atoms with van der Waals surface area (Å²) < 4.78 is 5.57. The van der Waals surface area contributed by atoms with Crippen molar-refractivity contribution in [1.82, 2.24) is 0 Å². The maximum Gasteiger partial charge on any atom is 0.307 e. The van der Waals surface area contributed by atoms with Crippen molar-refractivity contribution in [3.05, 3.63) is 0 Å². The van der Waals surface area contributed by atoms with Gasteiger partial charge in [0, 0.05) is 6.42 Å². The van der Waals surface area contributed by atoms with Crippen molar-refractivity contribution in [2.75, 3.05) is 0 Å². The van der Waals surface area contributed by atoms with Gasteiger partial charge in [-0.25, -0.2) is 0 Å². The van der Waals surface area contributed by atoms with Gasteiger partial charge in [0.15, 0.2) is 13.9 Å². The van der Waals surface area contributed by atoms with E-state index in [1.165, 1.54) is 0 Å². The van der Waals surface area contributed by atoms with Gasteiger partial charge in [-0.2, -0.15) is 5.26 Å². The molecule has 0 aliphatic rings. The Morgan fingerprint density at radius 3 is 2.12 bits per heavy atom. The van der Waals surface area contributed by atoms with Crippen molar-refractivity contribution in [1.29, 1.82) is 5.26 Å². The second kappa shape index (κ2) is 5.79. The first-order valence-corrected chi connectivity index (χ1v) is 8.56. The number of nitrogens with zero attached hydrogens (tertiary/aromatic N) is 1. The van der Waals surface area contributed by atoms with Gasteiger partial charge >= 0.3 is 11.9 Å². The van der Waals surface area contributed by atoms with E-state index < -0.39 is 32.3 Å². The Labute approximate surface area is 101 Å². The van der Waals surface area contributed by atoms with Crippen LogP contribution in [0.1, 0.15) is 19.3 Å². The molecule has 0 rings (SSSR count). The molecule has 0 bridgehead atoms. The first-order chi connectivity index (χ1) is 7.60. The van der Waals surface area contributed by atoms with Gasteiger partial charge in [-0.1, -0.05) is 0 Å². The zero-order chi connectivity index (χ0) is 13.7. The van der Waals surface area contributed by atoms with E-state index in [2.05, 4.69) is 0 Å². The fourth-order valence-corrected chi connectivity index (χ4v) is 2.83. The highest BCUT2D eigenvalue weighted by molar-refractivity contribution is 6.69. The lowest BCUT2D eigenvalue weighted by Crippen LogP contribution is -2.43. The van der Waals surface area contributed by atoms with Gasteiger partial charge in [-0.05, 0) is 26.1 Å². The summed E-state index contributed by atoms with van der Waals surface area (Å²) >= 11 is 0. The van der Waals surface area contributed by atoms with E-state index in [1.54, 1.807) is 0 Å². The highest BCUT2D eigenvalue weighted by Crippen LogP contribution is 2.26. The molecule has 0 aliphatic heterocycles. The maximum absolute atomic E-state index is 10.7. The Bertz CT molecular complexity index is 344. The quantitative estimate of drug-likeness (QED) is 0.670. The van der Waals surface area contributed by atoms with Crippen LogP contribution in [0.25, 0.3) is 0 Å². The molecule has 2 N–H and O–H groups in total. The van der Waals surface area contributed by atoms with Crippen molar-refractivity contribution < 1.29 is 24.2 Å². The molecule has 1 unspecified atom stereocenters. The Kier molecular flexibility index (Phi) is 5.32. The fourth-order valence-electron chi connectivity index (χ4n) is 1.43. The zero-order valence-electron chi connectivity index (χ0n) is 10.2. The van der Waals surface area contributed by atoms with Gasteiger partial charge in [-0.15, -0.1) is 0 Å². The molecule has 0 aromatic carbocycles. The average molecular weight is 259 g/mol. The van der Waals surface area contributed by atoms with Crippen molar-refractivity contribution in [2.45, 2.75) is 44.5 Å². The standard InChI is InChI=1S/C10H17NO5Si/c1-17(2,3)16-10(7-11,6-9(14)15)5-4-8(12)13/h4-6H2,1-3H3,(H,12,13)(H,14,15). The van der Waals surface area contributed by atoms with Crippen LogP contribution in [0.5, 0.6) is 0 Å². The molecule has 7 heteroatoms. The summed E-state index contributed by atoms with van der Waals surface area (Å²) in [6.07, 6.45) is -0.901. The normalized spacial score (nSPS) is 14.7. The molecule has 0 amide bonds. The van der Waals surface area contributed by atoms with E-state index in [0.717, 1.165) is 0 Å². The van der Waals surface area contributed by atoms with E-state index in [4.69, 9.17) is 19.9 Å². The fraction of sp³-hybridized carbons (Fsp3) is 0.700. The number of nitriles is 1. The molecular weight excluding hydrogens is 242 g/mol. The summed E-state index contributed by atoms with van der Waals surface area (Å²) in [4.78, 5) is 21.3. The Morgan fingerprint density at radius 2 is 1.82 bits per heavy atom. The number of aliphatic carboxylic acids is 2. The maximum atomic E-state index is 10.7. The predicted molar refractivity (Wildman–Crippen MR) is 61.9 cm³/mol. The third kappa shape index (κ3) is 6.71. The van der Waals surface area contributed by atoms with E-state index in [1.807, 2.05) is 25.7 Å². The van der Waals surface area contributed by atoms with Gasteiger partial charge in [0.2, 0.25) is 0 Å². The molecule has 0 spiro atoms. The van der Waals surface area contributed by atoms with Gasteiger partial charge in [0.1, 0.15) is 0 Å². The third-order valence-electron chi connectivity index (χ3n) is 1.88. The second-order valence-electron chi connectivity index (χ2n) is 4.78. The van der Waals surface area contributed by atoms with E-state index in [9.17, 15) is 9.59 Å². The van der Waals surface area contributed by atoms with Crippen LogP contribution < -0.4 is 0 Å². The van der Waals surface area contributed by atoms with Crippen LogP contribution in [0.4, 0.5) is 0 Å². The minimum atomic E-state index is -2.13. The van der Waals surface area contributed by atoms with Crippen LogP contribution in [0, 0.1) is 11.3 Å². The molecule has 17 heavy (non-hydrogen) atoms. The molecule has 0 aliphatic carbocycles. The minimum absolute atomic E-state index is 0.116. The molecule has 0 aromatic rings. The SMILES string of the molecule is C[Si](C)(C)OC(C#N)(CCC(=O)O)CC(=O)O. The summed E-state index contributed by atoms with van der Waals surface area (Å²) in [5.41, 5.74) is -1.53. The largest absolute Gasteiger partial charge is 0.481 e. The lowest BCUT2D eigenvalue weighted by Gasteiger charge is -2.32. The van der Waals surface area contributed by atoms with Crippen molar-refractivity contribution in [2.24, 2.45) is 0 Å². The number of rotatable bonds is 7. The van der Waals surface area contributed by atoms with Crippen LogP contribution in [-0.4, -0.2) is 36.1 Å². The van der Waals surface area contributed by atoms with Crippen LogP contribution in [0.15, 0.2) is 0 Å². The lowest BCUT2D eigenvalue weighted by atomic mass is 9.96. The Hall–Kier alpha value is -1.39. The number of carboxylic acids is 2. The van der Waals surface area contributed by atoms with E-state index in [0.29, 0.717) is 0 Å². The molecule has 96 valence electrons. The molecule has 0 saturated heterocycles. The summed E-state index contributed by atoms with van der Waals surface area (Å²) in [6.45, 7) is 5.46. The summed E-state index contributed by atoms with van der Waals surface area (Å²) in [6, 6.07) is 1.83. The number of carbonyl (C=O) groups is 2. The van der Waals surface area contributed by atoms with Gasteiger partial charge < -0.3 is 14.6 Å². The van der Waals surface area contributed by atoms with Gasteiger partial charge in [-0.3, -0.25) is 9.59 Å². The average Bonchev–Trinajstić information content (AvgIpc) is 2.11. The first-order valence-electron chi connectivity index (χ1n) is 5.15. The first kappa shape index (κ1) is 15.6. The van der Waals surface area contributed by atoms with Crippen LogP contribution in [-0.2, 0) is 14.0 Å². The molecule has 0 aromatic heterocycles. The molecule has 0 fully saturated rings. The highest BCUT2D eigenvalue weighted by atomic mass is 28.4. The molecule has 0 heterocycles. The van der Waals surface area contributed by atoms with E-state index in [-0.39, 0.29) is 12.8 Å².